The first-order valence-corrected chi connectivity index (χ1v) is 9.15. The van der Waals surface area contributed by atoms with Gasteiger partial charge in [0.1, 0.15) is 12.3 Å². The Labute approximate surface area is 160 Å². The Morgan fingerprint density at radius 2 is 1.89 bits per heavy atom. The second-order valence-electron chi connectivity index (χ2n) is 5.55. The number of carbonyl (C=O) groups excluding carboxylic acids is 3. The average Bonchev–Trinajstić information content (AvgIpc) is 2.89. The van der Waals surface area contributed by atoms with Crippen LogP contribution in [0.25, 0.3) is 6.08 Å². The van der Waals surface area contributed by atoms with Crippen molar-refractivity contribution in [2.75, 3.05) is 26.2 Å². The van der Waals surface area contributed by atoms with Crippen LogP contribution in [0.1, 0.15) is 19.4 Å². The molecule has 144 valence electrons. The van der Waals surface area contributed by atoms with Crippen LogP contribution in [0, 0.1) is 0 Å². The zero-order valence-corrected chi connectivity index (χ0v) is 15.8. The molecule has 0 aliphatic carbocycles. The quantitative estimate of drug-likeness (QED) is 0.675. The van der Waals surface area contributed by atoms with Gasteiger partial charge in [0, 0.05) is 18.7 Å². The summed E-state index contributed by atoms with van der Waals surface area (Å²) in [5, 5.41) is 8.23. The number of hydrogen-bond acceptors (Lipinski definition) is 6. The smallest absolute Gasteiger partial charge is 0.341 e. The van der Waals surface area contributed by atoms with Gasteiger partial charge in [-0.2, -0.15) is 0 Å². The minimum Gasteiger partial charge on any atom is -0.481 e. The fourth-order valence-electron chi connectivity index (χ4n) is 2.46. The summed E-state index contributed by atoms with van der Waals surface area (Å²) in [6.45, 7) is 3.81. The molecule has 1 heterocycles. The molecule has 3 amide bonds. The first kappa shape index (κ1) is 20.5. The van der Waals surface area contributed by atoms with Gasteiger partial charge in [0.05, 0.1) is 4.91 Å². The Bertz CT molecular complexity index is 788. The monoisotopic (exact) mass is 392 g/mol. The summed E-state index contributed by atoms with van der Waals surface area (Å²) in [7, 11) is 0. The van der Waals surface area contributed by atoms with Crippen LogP contribution in [-0.2, 0) is 14.4 Å². The van der Waals surface area contributed by atoms with Crippen LogP contribution in [0.2, 0.25) is 0 Å². The molecule has 1 N–H and O–H groups in total. The summed E-state index contributed by atoms with van der Waals surface area (Å²) in [6.07, 6.45) is 1.46. The number of benzene rings is 1. The van der Waals surface area contributed by atoms with Gasteiger partial charge in [-0.25, -0.2) is 4.79 Å². The molecular formula is C18H20N2O6S. The Morgan fingerprint density at radius 1 is 1.22 bits per heavy atom. The molecule has 1 saturated heterocycles. The number of thioether (sulfide) groups is 1. The SMILES string of the molecule is CCN(CC)C(=O)CN1C(=O)S/C(=C\c2ccccc2OCC(=O)O)C1=O. The van der Waals surface area contributed by atoms with E-state index in [0.717, 1.165) is 16.7 Å². The van der Waals surface area contributed by atoms with Crippen molar-refractivity contribution in [1.29, 1.82) is 0 Å². The highest BCUT2D eigenvalue weighted by Crippen LogP contribution is 2.33. The van der Waals surface area contributed by atoms with E-state index in [1.807, 2.05) is 13.8 Å². The van der Waals surface area contributed by atoms with E-state index in [-0.39, 0.29) is 23.1 Å². The van der Waals surface area contributed by atoms with E-state index >= 15 is 0 Å². The highest BCUT2D eigenvalue weighted by molar-refractivity contribution is 8.18. The molecule has 0 radical (unpaired) electrons. The Balaban J connectivity index is 2.19. The number of carboxylic acids is 1. The lowest BCUT2D eigenvalue weighted by molar-refractivity contribution is -0.139. The van der Waals surface area contributed by atoms with Gasteiger partial charge in [-0.15, -0.1) is 0 Å². The molecule has 1 fully saturated rings. The average molecular weight is 392 g/mol. The van der Waals surface area contributed by atoms with E-state index in [1.54, 1.807) is 29.2 Å². The molecule has 1 aromatic carbocycles. The number of aliphatic carboxylic acids is 1. The molecule has 0 aromatic heterocycles. The van der Waals surface area contributed by atoms with Gasteiger partial charge in [0.15, 0.2) is 6.61 Å². The normalized spacial score (nSPS) is 15.3. The van der Waals surface area contributed by atoms with Crippen LogP contribution in [0.5, 0.6) is 5.75 Å². The number of rotatable bonds is 8. The predicted molar refractivity (Wildman–Crippen MR) is 100 cm³/mol. The molecule has 1 aliphatic rings. The van der Waals surface area contributed by atoms with Crippen molar-refractivity contribution >= 4 is 40.9 Å². The fraction of sp³-hybridized carbons (Fsp3) is 0.333. The lowest BCUT2D eigenvalue weighted by Gasteiger charge is -2.21. The molecule has 9 heteroatoms. The predicted octanol–water partition coefficient (Wildman–Crippen LogP) is 2.05. The second-order valence-corrected chi connectivity index (χ2v) is 6.55. The standard InChI is InChI=1S/C18H20N2O6S/c1-3-19(4-2)15(21)10-20-17(24)14(27-18(20)25)9-12-7-5-6-8-13(12)26-11-16(22)23/h5-9H,3-4,10-11H2,1-2H3,(H,22,23)/b14-9-. The van der Waals surface area contributed by atoms with Gasteiger partial charge in [0.25, 0.3) is 11.1 Å². The number of amides is 3. The number of carbonyl (C=O) groups is 4. The first-order valence-electron chi connectivity index (χ1n) is 8.34. The third-order valence-electron chi connectivity index (χ3n) is 3.84. The summed E-state index contributed by atoms with van der Waals surface area (Å²) < 4.78 is 5.20. The first-order chi connectivity index (χ1) is 12.9. The molecule has 0 spiro atoms. The Morgan fingerprint density at radius 3 is 2.52 bits per heavy atom. The lowest BCUT2D eigenvalue weighted by Crippen LogP contribution is -2.41. The summed E-state index contributed by atoms with van der Waals surface area (Å²) in [4.78, 5) is 50.2. The van der Waals surface area contributed by atoms with Gasteiger partial charge in [-0.3, -0.25) is 19.3 Å². The summed E-state index contributed by atoms with van der Waals surface area (Å²) in [6, 6.07) is 6.59. The Hall–Kier alpha value is -2.81. The number of hydrogen-bond donors (Lipinski definition) is 1. The van der Waals surface area contributed by atoms with Gasteiger partial charge < -0.3 is 14.7 Å². The van der Waals surface area contributed by atoms with E-state index in [1.165, 1.54) is 6.08 Å². The molecule has 27 heavy (non-hydrogen) atoms. The van der Waals surface area contributed by atoms with Gasteiger partial charge in [-0.05, 0) is 37.8 Å². The summed E-state index contributed by atoms with van der Waals surface area (Å²) in [5.74, 6) is -1.70. The summed E-state index contributed by atoms with van der Waals surface area (Å²) >= 11 is 0.735. The molecular weight excluding hydrogens is 372 g/mol. The fourth-order valence-corrected chi connectivity index (χ4v) is 3.29. The van der Waals surface area contributed by atoms with Crippen molar-refractivity contribution in [2.24, 2.45) is 0 Å². The zero-order chi connectivity index (χ0) is 20.0. The highest BCUT2D eigenvalue weighted by atomic mass is 32.2. The number of imide groups is 1. The third-order valence-corrected chi connectivity index (χ3v) is 4.75. The maximum absolute atomic E-state index is 12.5. The topological polar surface area (TPSA) is 104 Å². The van der Waals surface area contributed by atoms with E-state index in [9.17, 15) is 19.2 Å². The third kappa shape index (κ3) is 5.10. The van der Waals surface area contributed by atoms with Crippen molar-refractivity contribution in [2.45, 2.75) is 13.8 Å². The lowest BCUT2D eigenvalue weighted by atomic mass is 10.2. The van der Waals surface area contributed by atoms with Gasteiger partial charge in [0.2, 0.25) is 5.91 Å². The maximum atomic E-state index is 12.5. The van der Waals surface area contributed by atoms with Crippen molar-refractivity contribution in [1.82, 2.24) is 9.80 Å². The molecule has 0 bridgehead atoms. The second kappa shape index (κ2) is 9.22. The molecule has 0 atom stereocenters. The van der Waals surface area contributed by atoms with E-state index in [2.05, 4.69) is 0 Å². The van der Waals surface area contributed by atoms with Crippen LogP contribution >= 0.6 is 11.8 Å². The molecule has 2 rings (SSSR count). The van der Waals surface area contributed by atoms with Crippen LogP contribution < -0.4 is 4.74 Å². The van der Waals surface area contributed by atoms with Crippen LogP contribution in [-0.4, -0.2) is 64.2 Å². The van der Waals surface area contributed by atoms with E-state index in [0.29, 0.717) is 18.7 Å². The van der Waals surface area contributed by atoms with Gasteiger partial charge >= 0.3 is 5.97 Å². The minimum atomic E-state index is -1.12. The molecule has 1 aliphatic heterocycles. The largest absolute Gasteiger partial charge is 0.481 e. The number of carboxylic acid groups (broad SMARTS) is 1. The number of ether oxygens (including phenoxy) is 1. The molecule has 0 unspecified atom stereocenters. The Kier molecular flexibility index (Phi) is 7.00. The van der Waals surface area contributed by atoms with E-state index < -0.39 is 23.7 Å². The molecule has 0 saturated carbocycles. The highest BCUT2D eigenvalue weighted by Gasteiger charge is 2.37. The van der Waals surface area contributed by atoms with Crippen LogP contribution in [0.3, 0.4) is 0 Å². The number of nitrogens with zero attached hydrogens (tertiary/aromatic N) is 2. The number of para-hydroxylation sites is 1. The van der Waals surface area contributed by atoms with Crippen molar-refractivity contribution in [3.63, 3.8) is 0 Å². The van der Waals surface area contributed by atoms with Crippen LogP contribution in [0.4, 0.5) is 4.79 Å². The number of likely N-dealkylation sites (N-methyl/N-ethyl adjacent to an activating group) is 1. The summed E-state index contributed by atoms with van der Waals surface area (Å²) in [5.41, 5.74) is 0.472. The van der Waals surface area contributed by atoms with Crippen LogP contribution in [0.15, 0.2) is 29.2 Å². The molecule has 8 nitrogen and oxygen atoms in total. The molecule has 1 aromatic rings. The van der Waals surface area contributed by atoms with Crippen molar-refractivity contribution in [3.8, 4) is 5.75 Å². The van der Waals surface area contributed by atoms with E-state index in [4.69, 9.17) is 9.84 Å². The zero-order valence-electron chi connectivity index (χ0n) is 15.0. The van der Waals surface area contributed by atoms with Gasteiger partial charge in [-0.1, -0.05) is 18.2 Å². The minimum absolute atomic E-state index is 0.152. The van der Waals surface area contributed by atoms with Crippen molar-refractivity contribution in [3.05, 3.63) is 34.7 Å². The van der Waals surface area contributed by atoms with Crippen molar-refractivity contribution < 1.29 is 29.0 Å². The maximum Gasteiger partial charge on any atom is 0.341 e.